The molecule has 11 heavy (non-hydrogen) atoms. The van der Waals surface area contributed by atoms with Crippen LogP contribution < -0.4 is 5.69 Å². The number of oxazole rings is 1. The van der Waals surface area contributed by atoms with Crippen molar-refractivity contribution in [2.75, 3.05) is 0 Å². The van der Waals surface area contributed by atoms with Gasteiger partial charge in [0, 0.05) is 0 Å². The van der Waals surface area contributed by atoms with E-state index in [1.807, 2.05) is 0 Å². The summed E-state index contributed by atoms with van der Waals surface area (Å²) in [6.45, 7) is 0. The molecule has 0 unspecified atom stereocenters. The molecule has 0 atom stereocenters. The van der Waals surface area contributed by atoms with Crippen LogP contribution in [-0.4, -0.2) is 25.2 Å². The van der Waals surface area contributed by atoms with Crippen LogP contribution in [0.1, 0.15) is 0 Å². The summed E-state index contributed by atoms with van der Waals surface area (Å²) < 4.78 is 5.75. The van der Waals surface area contributed by atoms with Crippen LogP contribution in [0.25, 0.3) is 5.88 Å². The molecule has 0 saturated heterocycles. The molecule has 0 saturated carbocycles. The van der Waals surface area contributed by atoms with Gasteiger partial charge in [-0.25, -0.2) is 14.9 Å². The van der Waals surface area contributed by atoms with E-state index in [1.54, 1.807) is 0 Å². The lowest BCUT2D eigenvalue weighted by atomic mass is 10.8. The van der Waals surface area contributed by atoms with Gasteiger partial charge in [-0.1, -0.05) is 0 Å². The predicted molar refractivity (Wildman–Crippen MR) is 32.0 cm³/mol. The minimum atomic E-state index is -0.457. The van der Waals surface area contributed by atoms with E-state index in [0.29, 0.717) is 0 Å². The summed E-state index contributed by atoms with van der Waals surface area (Å²) in [6, 6.07) is 0. The molecule has 0 aliphatic rings. The Kier molecular flexibility index (Phi) is 1.08. The molecule has 2 heterocycles. The Morgan fingerprint density at radius 2 is 2.55 bits per heavy atom. The van der Waals surface area contributed by atoms with E-state index < -0.39 is 5.69 Å². The molecule has 0 aromatic carbocycles. The molecule has 7 heteroatoms. The van der Waals surface area contributed by atoms with Gasteiger partial charge < -0.3 is 4.42 Å². The second-order valence-corrected chi connectivity index (χ2v) is 1.76. The lowest BCUT2D eigenvalue weighted by Gasteiger charge is -1.85. The predicted octanol–water partition coefficient (Wildman–Crippen LogP) is -1.06. The molecule has 0 spiro atoms. The van der Waals surface area contributed by atoms with Gasteiger partial charge in [-0.3, -0.25) is 0 Å². The van der Waals surface area contributed by atoms with Crippen molar-refractivity contribution in [3.05, 3.63) is 23.1 Å². The largest absolute Gasteiger partial charge is 0.425 e. The van der Waals surface area contributed by atoms with Gasteiger partial charge in [0.25, 0.3) is 0 Å². The number of tetrazole rings is 1. The van der Waals surface area contributed by atoms with Crippen LogP contribution >= 0.6 is 0 Å². The minimum absolute atomic E-state index is 0.240. The molecule has 7 nitrogen and oxygen atoms in total. The van der Waals surface area contributed by atoms with Gasteiger partial charge in [0.15, 0.2) is 6.39 Å². The number of hydrogen-bond acceptors (Lipinski definition) is 5. The highest BCUT2D eigenvalue weighted by molar-refractivity contribution is 5.07. The number of rotatable bonds is 1. The maximum atomic E-state index is 10.8. The Balaban J connectivity index is 2.62. The molecular formula is C4H3N5O2. The first-order valence-electron chi connectivity index (χ1n) is 2.77. The minimum Gasteiger partial charge on any atom is -0.425 e. The first-order chi connectivity index (χ1) is 5.38. The van der Waals surface area contributed by atoms with E-state index in [9.17, 15) is 4.79 Å². The van der Waals surface area contributed by atoms with E-state index in [0.717, 1.165) is 4.68 Å². The number of nitrogens with zero attached hydrogens (tertiary/aromatic N) is 4. The third-order valence-corrected chi connectivity index (χ3v) is 1.10. The van der Waals surface area contributed by atoms with Gasteiger partial charge in [-0.05, 0) is 10.4 Å². The van der Waals surface area contributed by atoms with Crippen molar-refractivity contribution < 1.29 is 4.42 Å². The summed E-state index contributed by atoms with van der Waals surface area (Å²) in [5.41, 5.74) is -0.457. The normalized spacial score (nSPS) is 10.2. The zero-order valence-electron chi connectivity index (χ0n) is 5.26. The summed E-state index contributed by atoms with van der Waals surface area (Å²) in [5, 5.41) is 8.80. The van der Waals surface area contributed by atoms with Crippen molar-refractivity contribution in [3.63, 3.8) is 0 Å². The van der Waals surface area contributed by atoms with Crippen molar-refractivity contribution >= 4 is 0 Å². The lowest BCUT2D eigenvalue weighted by molar-refractivity contribution is 0.507. The monoisotopic (exact) mass is 153 g/mol. The summed E-state index contributed by atoms with van der Waals surface area (Å²) in [4.78, 5) is 14.4. The highest BCUT2D eigenvalue weighted by Gasteiger charge is 2.04. The van der Waals surface area contributed by atoms with Crippen LogP contribution in [0.5, 0.6) is 0 Å². The summed E-state index contributed by atoms with van der Waals surface area (Å²) in [5.74, 6) is 0.240. The zero-order chi connectivity index (χ0) is 7.68. The molecule has 2 rings (SSSR count). The van der Waals surface area contributed by atoms with Gasteiger partial charge in [-0.15, -0.1) is 4.68 Å². The molecule has 0 bridgehead atoms. The Hall–Kier alpha value is -1.92. The number of aromatic nitrogens is 5. The molecule has 0 aliphatic heterocycles. The van der Waals surface area contributed by atoms with E-state index in [2.05, 4.69) is 20.5 Å². The van der Waals surface area contributed by atoms with Crippen LogP contribution in [0.4, 0.5) is 0 Å². The quantitative estimate of drug-likeness (QED) is 0.564. The van der Waals surface area contributed by atoms with E-state index in [-0.39, 0.29) is 5.88 Å². The average Bonchev–Trinajstić information content (AvgIpc) is 2.55. The Morgan fingerprint density at radius 3 is 3.09 bits per heavy atom. The number of nitrogens with one attached hydrogen (secondary N) is 1. The topological polar surface area (TPSA) is 89.6 Å². The van der Waals surface area contributed by atoms with Crippen molar-refractivity contribution in [1.29, 1.82) is 0 Å². The van der Waals surface area contributed by atoms with Gasteiger partial charge in [0.1, 0.15) is 0 Å². The average molecular weight is 153 g/mol. The third kappa shape index (κ3) is 0.820. The molecular weight excluding hydrogens is 150 g/mol. The van der Waals surface area contributed by atoms with Crippen LogP contribution in [0.3, 0.4) is 0 Å². The van der Waals surface area contributed by atoms with E-state index >= 15 is 0 Å². The third-order valence-electron chi connectivity index (χ3n) is 1.10. The summed E-state index contributed by atoms with van der Waals surface area (Å²) in [7, 11) is 0. The Bertz CT molecular complexity index is 385. The zero-order valence-corrected chi connectivity index (χ0v) is 5.26. The molecule has 2 aromatic heterocycles. The first-order valence-corrected chi connectivity index (χ1v) is 2.77. The lowest BCUT2D eigenvalue weighted by Crippen LogP contribution is -2.15. The Morgan fingerprint density at radius 1 is 1.64 bits per heavy atom. The number of aromatic amines is 1. The highest BCUT2D eigenvalue weighted by Crippen LogP contribution is 1.97. The standard InChI is InChI=1S/C4H3N5O2/c10-4-6-7-8-9(4)3-1-5-2-11-3/h1-2H,(H,6,8,10). The molecule has 1 N–H and O–H groups in total. The van der Waals surface area contributed by atoms with Crippen molar-refractivity contribution in [1.82, 2.24) is 25.2 Å². The van der Waals surface area contributed by atoms with E-state index in [4.69, 9.17) is 4.42 Å². The molecule has 0 fully saturated rings. The van der Waals surface area contributed by atoms with Crippen LogP contribution in [0.15, 0.2) is 21.8 Å². The van der Waals surface area contributed by atoms with Gasteiger partial charge in [-0.2, -0.15) is 0 Å². The Labute approximate surface area is 59.6 Å². The van der Waals surface area contributed by atoms with E-state index in [1.165, 1.54) is 12.6 Å². The van der Waals surface area contributed by atoms with Crippen molar-refractivity contribution in [2.45, 2.75) is 0 Å². The fourth-order valence-corrected chi connectivity index (χ4v) is 0.656. The molecule has 0 amide bonds. The van der Waals surface area contributed by atoms with Gasteiger partial charge >= 0.3 is 5.69 Å². The van der Waals surface area contributed by atoms with Gasteiger partial charge in [0.05, 0.1) is 6.20 Å². The maximum absolute atomic E-state index is 10.8. The smallest absolute Gasteiger partial charge is 0.368 e. The van der Waals surface area contributed by atoms with Crippen LogP contribution in [-0.2, 0) is 0 Å². The summed E-state index contributed by atoms with van der Waals surface area (Å²) in [6.07, 6.45) is 2.57. The van der Waals surface area contributed by atoms with Gasteiger partial charge in [0.2, 0.25) is 5.88 Å². The molecule has 0 radical (unpaired) electrons. The molecule has 56 valence electrons. The highest BCUT2D eigenvalue weighted by atomic mass is 16.4. The molecule has 0 aliphatic carbocycles. The van der Waals surface area contributed by atoms with Crippen molar-refractivity contribution in [3.8, 4) is 5.88 Å². The molecule has 2 aromatic rings. The fourth-order valence-electron chi connectivity index (χ4n) is 0.656. The van der Waals surface area contributed by atoms with Crippen LogP contribution in [0, 0.1) is 0 Å². The SMILES string of the molecule is O=c1[nH]nnn1-c1cnco1. The first kappa shape index (κ1) is 5.83. The maximum Gasteiger partial charge on any atom is 0.368 e. The van der Waals surface area contributed by atoms with Crippen molar-refractivity contribution in [2.24, 2.45) is 0 Å². The second kappa shape index (κ2) is 2.04. The summed E-state index contributed by atoms with van der Waals surface area (Å²) >= 11 is 0. The van der Waals surface area contributed by atoms with Crippen LogP contribution in [0.2, 0.25) is 0 Å². The number of hydrogen-bond donors (Lipinski definition) is 1. The number of H-pyrrole nitrogens is 1. The second-order valence-electron chi connectivity index (χ2n) is 1.76. The fraction of sp³-hybridized carbons (Fsp3) is 0.